The SMILES string of the molecule is CN1CCN(C(=O)c2nc(N)n[nH]2)c2ccccc21. The van der Waals surface area contributed by atoms with E-state index in [-0.39, 0.29) is 17.7 Å². The molecule has 0 aliphatic carbocycles. The Morgan fingerprint density at radius 1 is 1.32 bits per heavy atom. The van der Waals surface area contributed by atoms with Crippen molar-refractivity contribution >= 4 is 23.2 Å². The van der Waals surface area contributed by atoms with Crippen molar-refractivity contribution in [3.8, 4) is 0 Å². The topological polar surface area (TPSA) is 91.1 Å². The fraction of sp³-hybridized carbons (Fsp3) is 0.250. The number of nitrogen functional groups attached to an aromatic ring is 1. The first-order valence-electron chi connectivity index (χ1n) is 5.97. The first kappa shape index (κ1) is 11.5. The van der Waals surface area contributed by atoms with Crippen molar-refractivity contribution in [3.05, 3.63) is 30.1 Å². The molecule has 7 nitrogen and oxygen atoms in total. The third-order valence-corrected chi connectivity index (χ3v) is 3.19. The standard InChI is InChI=1S/C12H14N6O/c1-17-6-7-18(9-5-3-2-4-8(9)17)11(19)10-14-12(13)16-15-10/h2-5H,6-7H2,1H3,(H3,13,14,15,16). The molecule has 0 saturated carbocycles. The van der Waals surface area contributed by atoms with Gasteiger partial charge in [0.2, 0.25) is 11.8 Å². The van der Waals surface area contributed by atoms with Gasteiger partial charge in [-0.1, -0.05) is 12.1 Å². The summed E-state index contributed by atoms with van der Waals surface area (Å²) in [5.74, 6) is 0.0207. The fourth-order valence-electron chi connectivity index (χ4n) is 2.22. The Bertz CT molecular complexity index is 622. The molecule has 0 unspecified atom stereocenters. The number of amides is 1. The van der Waals surface area contributed by atoms with Crippen LogP contribution in [0.1, 0.15) is 10.6 Å². The lowest BCUT2D eigenvalue weighted by Gasteiger charge is -2.35. The zero-order valence-corrected chi connectivity index (χ0v) is 10.5. The molecule has 0 radical (unpaired) electrons. The van der Waals surface area contributed by atoms with Crippen LogP contribution in [0.25, 0.3) is 0 Å². The van der Waals surface area contributed by atoms with Gasteiger partial charge in [0.1, 0.15) is 0 Å². The number of anilines is 3. The normalized spacial score (nSPS) is 14.4. The minimum absolute atomic E-state index is 0.0748. The molecule has 98 valence electrons. The maximum atomic E-state index is 12.4. The second-order valence-electron chi connectivity index (χ2n) is 4.41. The second kappa shape index (κ2) is 4.27. The molecule has 2 heterocycles. The van der Waals surface area contributed by atoms with E-state index in [0.29, 0.717) is 6.54 Å². The van der Waals surface area contributed by atoms with Crippen molar-refractivity contribution in [1.29, 1.82) is 0 Å². The summed E-state index contributed by atoms with van der Waals surface area (Å²) in [5, 5.41) is 6.24. The van der Waals surface area contributed by atoms with Crippen molar-refractivity contribution in [3.63, 3.8) is 0 Å². The average Bonchev–Trinajstić information content (AvgIpc) is 2.86. The third-order valence-electron chi connectivity index (χ3n) is 3.19. The van der Waals surface area contributed by atoms with Gasteiger partial charge >= 0.3 is 0 Å². The molecular weight excluding hydrogens is 244 g/mol. The minimum atomic E-state index is -0.218. The summed E-state index contributed by atoms with van der Waals surface area (Å²) in [6.45, 7) is 1.37. The molecule has 1 amide bonds. The van der Waals surface area contributed by atoms with Crippen LogP contribution in [0.2, 0.25) is 0 Å². The van der Waals surface area contributed by atoms with Gasteiger partial charge in [-0.3, -0.25) is 9.89 Å². The summed E-state index contributed by atoms with van der Waals surface area (Å²) in [6.07, 6.45) is 0. The van der Waals surface area contributed by atoms with Gasteiger partial charge in [-0.15, -0.1) is 5.10 Å². The molecule has 2 aromatic rings. The Morgan fingerprint density at radius 3 is 2.74 bits per heavy atom. The number of hydrogen-bond acceptors (Lipinski definition) is 5. The molecule has 3 rings (SSSR count). The van der Waals surface area contributed by atoms with Crippen LogP contribution in [-0.4, -0.2) is 41.2 Å². The molecule has 0 fully saturated rings. The number of aromatic nitrogens is 3. The van der Waals surface area contributed by atoms with E-state index >= 15 is 0 Å². The highest BCUT2D eigenvalue weighted by Crippen LogP contribution is 2.32. The smallest absolute Gasteiger partial charge is 0.295 e. The Hall–Kier alpha value is -2.57. The Kier molecular flexibility index (Phi) is 2.59. The molecule has 0 bridgehead atoms. The molecular formula is C12H14N6O. The molecule has 1 aromatic heterocycles. The predicted octanol–water partition coefficient (Wildman–Crippen LogP) is 0.484. The van der Waals surface area contributed by atoms with E-state index in [1.807, 2.05) is 31.3 Å². The van der Waals surface area contributed by atoms with Crippen molar-refractivity contribution < 1.29 is 4.79 Å². The molecule has 3 N–H and O–H groups in total. The summed E-state index contributed by atoms with van der Waals surface area (Å²) in [5.41, 5.74) is 7.32. The molecule has 0 saturated heterocycles. The van der Waals surface area contributed by atoms with Crippen LogP contribution < -0.4 is 15.5 Å². The zero-order valence-electron chi connectivity index (χ0n) is 10.5. The summed E-state index contributed by atoms with van der Waals surface area (Å²) in [6, 6.07) is 7.77. The van der Waals surface area contributed by atoms with Crippen LogP contribution in [-0.2, 0) is 0 Å². The molecule has 19 heavy (non-hydrogen) atoms. The van der Waals surface area contributed by atoms with E-state index < -0.39 is 0 Å². The molecule has 0 spiro atoms. The maximum absolute atomic E-state index is 12.4. The Balaban J connectivity index is 1.98. The zero-order chi connectivity index (χ0) is 13.4. The van der Waals surface area contributed by atoms with E-state index in [2.05, 4.69) is 20.1 Å². The highest BCUT2D eigenvalue weighted by molar-refractivity contribution is 6.06. The van der Waals surface area contributed by atoms with Gasteiger partial charge in [0.05, 0.1) is 11.4 Å². The fourth-order valence-corrected chi connectivity index (χ4v) is 2.22. The number of nitrogens with one attached hydrogen (secondary N) is 1. The number of carbonyl (C=O) groups is 1. The van der Waals surface area contributed by atoms with Crippen molar-refractivity contribution in [2.24, 2.45) is 0 Å². The number of fused-ring (bicyclic) bond motifs is 1. The van der Waals surface area contributed by atoms with E-state index in [4.69, 9.17) is 5.73 Å². The van der Waals surface area contributed by atoms with Gasteiger partial charge in [0.25, 0.3) is 5.91 Å². The van der Waals surface area contributed by atoms with E-state index in [1.54, 1.807) is 4.90 Å². The van der Waals surface area contributed by atoms with Crippen LogP contribution in [0.4, 0.5) is 17.3 Å². The predicted molar refractivity (Wildman–Crippen MR) is 72.2 cm³/mol. The first-order valence-corrected chi connectivity index (χ1v) is 5.97. The molecule has 1 aromatic carbocycles. The van der Waals surface area contributed by atoms with Gasteiger partial charge in [-0.05, 0) is 12.1 Å². The number of rotatable bonds is 1. The highest BCUT2D eigenvalue weighted by atomic mass is 16.2. The Morgan fingerprint density at radius 2 is 2.05 bits per heavy atom. The lowest BCUT2D eigenvalue weighted by molar-refractivity contribution is 0.0977. The number of para-hydroxylation sites is 2. The van der Waals surface area contributed by atoms with Gasteiger partial charge in [-0.25, -0.2) is 0 Å². The van der Waals surface area contributed by atoms with Crippen molar-refractivity contribution in [1.82, 2.24) is 15.2 Å². The van der Waals surface area contributed by atoms with E-state index in [0.717, 1.165) is 17.9 Å². The van der Waals surface area contributed by atoms with Gasteiger partial charge < -0.3 is 15.5 Å². The number of benzene rings is 1. The lowest BCUT2D eigenvalue weighted by atomic mass is 10.1. The summed E-state index contributed by atoms with van der Waals surface area (Å²) in [4.78, 5) is 20.1. The summed E-state index contributed by atoms with van der Waals surface area (Å²) < 4.78 is 0. The number of nitrogens with two attached hydrogens (primary N) is 1. The quantitative estimate of drug-likeness (QED) is 0.776. The van der Waals surface area contributed by atoms with Crippen LogP contribution in [0.3, 0.4) is 0 Å². The van der Waals surface area contributed by atoms with Crippen LogP contribution in [0.15, 0.2) is 24.3 Å². The molecule has 1 aliphatic rings. The number of aromatic amines is 1. The minimum Gasteiger partial charge on any atom is -0.371 e. The number of hydrogen-bond donors (Lipinski definition) is 2. The van der Waals surface area contributed by atoms with Crippen molar-refractivity contribution in [2.75, 3.05) is 35.7 Å². The van der Waals surface area contributed by atoms with Gasteiger partial charge in [0.15, 0.2) is 0 Å². The van der Waals surface area contributed by atoms with E-state index in [1.165, 1.54) is 0 Å². The van der Waals surface area contributed by atoms with E-state index in [9.17, 15) is 4.79 Å². The number of carbonyl (C=O) groups excluding carboxylic acids is 1. The van der Waals surface area contributed by atoms with Gasteiger partial charge in [-0.2, -0.15) is 4.98 Å². The van der Waals surface area contributed by atoms with Crippen molar-refractivity contribution in [2.45, 2.75) is 0 Å². The van der Waals surface area contributed by atoms with Crippen LogP contribution in [0.5, 0.6) is 0 Å². The number of likely N-dealkylation sites (N-methyl/N-ethyl adjacent to an activating group) is 1. The molecule has 1 aliphatic heterocycles. The second-order valence-corrected chi connectivity index (χ2v) is 4.41. The largest absolute Gasteiger partial charge is 0.371 e. The highest BCUT2D eigenvalue weighted by Gasteiger charge is 2.27. The molecule has 0 atom stereocenters. The first-order chi connectivity index (χ1) is 9.16. The number of H-pyrrole nitrogens is 1. The Labute approximate surface area is 110 Å². The summed E-state index contributed by atoms with van der Waals surface area (Å²) in [7, 11) is 2.01. The maximum Gasteiger partial charge on any atom is 0.295 e. The lowest BCUT2D eigenvalue weighted by Crippen LogP contribution is -2.43. The third kappa shape index (κ3) is 1.88. The summed E-state index contributed by atoms with van der Waals surface area (Å²) >= 11 is 0. The van der Waals surface area contributed by atoms with Crippen LogP contribution in [0, 0.1) is 0 Å². The monoisotopic (exact) mass is 258 g/mol. The molecule has 7 heteroatoms. The van der Waals surface area contributed by atoms with Crippen LogP contribution >= 0.6 is 0 Å². The number of nitrogens with zero attached hydrogens (tertiary/aromatic N) is 4. The van der Waals surface area contributed by atoms with Gasteiger partial charge in [0, 0.05) is 20.1 Å². The average molecular weight is 258 g/mol.